The van der Waals surface area contributed by atoms with Crippen molar-refractivity contribution in [1.29, 1.82) is 5.26 Å². The second kappa shape index (κ2) is 11.1. The van der Waals surface area contributed by atoms with E-state index in [0.717, 1.165) is 11.3 Å². The number of nitrogens with one attached hydrogen (secondary N) is 3. The molecule has 0 aliphatic heterocycles. The number of nitrogens with zero attached hydrogens (tertiary/aromatic N) is 3. The van der Waals surface area contributed by atoms with Crippen LogP contribution in [0.5, 0.6) is 0 Å². The standard InChI is InChI=1S/C23H26N6O3S/c1-6-25-20(30)15(14-24)13-19-29(7-2)21(31)16(33-19)11-12-26-17-9-8-10-18(27-17)28-22(32)23(3,4)5/h8-10,12H,6-7H2,1-5H3,(H,25,30)(H2,26,27,28,32). The third kappa shape index (κ3) is 6.79. The first kappa shape index (κ1) is 25.4. The van der Waals surface area contributed by atoms with Crippen molar-refractivity contribution in [1.82, 2.24) is 14.9 Å². The topological polar surface area (TPSA) is 129 Å². The van der Waals surface area contributed by atoms with Gasteiger partial charge in [0.2, 0.25) is 5.91 Å². The Morgan fingerprint density at radius 2 is 1.94 bits per heavy atom. The molecule has 0 bridgehead atoms. The number of nitriles is 1. The van der Waals surface area contributed by atoms with Gasteiger partial charge in [-0.3, -0.25) is 19.0 Å². The number of aromatic nitrogens is 2. The highest BCUT2D eigenvalue weighted by atomic mass is 32.1. The molecule has 172 valence electrons. The Labute approximate surface area is 195 Å². The largest absolute Gasteiger partial charge is 0.351 e. The van der Waals surface area contributed by atoms with Crippen molar-refractivity contribution >= 4 is 46.2 Å². The first-order valence-electron chi connectivity index (χ1n) is 10.3. The first-order valence-corrected chi connectivity index (χ1v) is 11.1. The van der Waals surface area contributed by atoms with Crippen molar-refractivity contribution in [3.8, 4) is 6.07 Å². The number of likely N-dealkylation sites (N-methyl/N-ethyl adjacent to an activating group) is 1. The molecular weight excluding hydrogens is 440 g/mol. The molecule has 9 nitrogen and oxygen atoms in total. The maximum atomic E-state index is 12.7. The molecule has 0 unspecified atom stereocenters. The van der Waals surface area contributed by atoms with Gasteiger partial charge in [-0.1, -0.05) is 49.6 Å². The molecule has 0 aliphatic carbocycles. The van der Waals surface area contributed by atoms with Gasteiger partial charge in [-0.05, 0) is 26.0 Å². The summed E-state index contributed by atoms with van der Waals surface area (Å²) in [4.78, 5) is 41.1. The van der Waals surface area contributed by atoms with E-state index in [1.54, 1.807) is 32.0 Å². The number of hydrogen-bond acceptors (Lipinski definition) is 7. The molecule has 0 aromatic carbocycles. The second-order valence-electron chi connectivity index (χ2n) is 7.80. The molecule has 0 aliphatic rings. The van der Waals surface area contributed by atoms with Crippen LogP contribution in [0.4, 0.5) is 11.6 Å². The van der Waals surface area contributed by atoms with Crippen molar-refractivity contribution in [3.05, 3.63) is 49.5 Å². The number of amides is 2. The summed E-state index contributed by atoms with van der Waals surface area (Å²) in [5.41, 5.74) is 4.55. The maximum Gasteiger partial charge on any atom is 0.277 e. The van der Waals surface area contributed by atoms with Crippen LogP contribution in [0.15, 0.2) is 34.8 Å². The van der Waals surface area contributed by atoms with Crippen LogP contribution in [-0.4, -0.2) is 27.9 Å². The molecule has 2 rings (SSSR count). The lowest BCUT2D eigenvalue weighted by Gasteiger charge is -2.17. The van der Waals surface area contributed by atoms with Gasteiger partial charge >= 0.3 is 0 Å². The predicted molar refractivity (Wildman–Crippen MR) is 129 cm³/mol. The Balaban J connectivity index is 2.43. The molecule has 0 saturated carbocycles. The Hall–Kier alpha value is -3.89. The third-order valence-corrected chi connectivity index (χ3v) is 5.22. The zero-order valence-corrected chi connectivity index (χ0v) is 20.0. The monoisotopic (exact) mass is 466 g/mol. The van der Waals surface area contributed by atoms with Gasteiger partial charge in [-0.15, -0.1) is 0 Å². The summed E-state index contributed by atoms with van der Waals surface area (Å²) in [6.45, 7) is 9.67. The van der Waals surface area contributed by atoms with Crippen LogP contribution in [-0.2, 0) is 16.1 Å². The number of pyridine rings is 1. The Bertz CT molecular complexity index is 1340. The zero-order valence-electron chi connectivity index (χ0n) is 19.2. The van der Waals surface area contributed by atoms with Crippen LogP contribution in [0.3, 0.4) is 0 Å². The number of rotatable bonds is 6. The lowest BCUT2D eigenvalue weighted by Crippen LogP contribution is -2.30. The minimum atomic E-state index is -0.553. The van der Waals surface area contributed by atoms with Crippen molar-refractivity contribution in [2.45, 2.75) is 41.2 Å². The quantitative estimate of drug-likeness (QED) is 0.435. The van der Waals surface area contributed by atoms with Crippen molar-refractivity contribution < 1.29 is 9.59 Å². The van der Waals surface area contributed by atoms with Crippen molar-refractivity contribution in [3.63, 3.8) is 0 Å². The van der Waals surface area contributed by atoms with Gasteiger partial charge < -0.3 is 16.0 Å². The van der Waals surface area contributed by atoms with E-state index in [0.29, 0.717) is 29.4 Å². The maximum absolute atomic E-state index is 12.7. The molecule has 2 aromatic rings. The number of thiazole rings is 1. The summed E-state index contributed by atoms with van der Waals surface area (Å²) in [5.74, 6) is 0.148. The van der Waals surface area contributed by atoms with E-state index in [1.165, 1.54) is 10.8 Å². The van der Waals surface area contributed by atoms with E-state index in [1.807, 2.05) is 26.8 Å². The Morgan fingerprint density at radius 3 is 2.55 bits per heavy atom. The molecular formula is C23H26N6O3S. The van der Waals surface area contributed by atoms with Gasteiger partial charge in [0.05, 0.1) is 0 Å². The molecule has 2 amide bonds. The van der Waals surface area contributed by atoms with Gasteiger partial charge in [-0.25, -0.2) is 4.98 Å². The molecule has 0 saturated heterocycles. The SMILES string of the molecule is CCNC(=O)C(=C=c1sc(=C=CNc2cccc(NC(=O)C(C)(C)C)n2)c(=O)n1CC)C#N. The summed E-state index contributed by atoms with van der Waals surface area (Å²) in [5, 5.41) is 17.5. The first-order chi connectivity index (χ1) is 15.6. The van der Waals surface area contributed by atoms with Gasteiger partial charge in [0, 0.05) is 24.7 Å². The average molecular weight is 467 g/mol. The molecule has 2 heterocycles. The summed E-state index contributed by atoms with van der Waals surface area (Å²) in [6, 6.07) is 6.93. The zero-order chi connectivity index (χ0) is 24.6. The molecule has 0 atom stereocenters. The fourth-order valence-corrected chi connectivity index (χ4v) is 3.42. The van der Waals surface area contributed by atoms with Gasteiger partial charge in [0.15, 0.2) is 5.57 Å². The van der Waals surface area contributed by atoms with E-state index < -0.39 is 11.3 Å². The predicted octanol–water partition coefficient (Wildman–Crippen LogP) is 1.28. The van der Waals surface area contributed by atoms with E-state index >= 15 is 0 Å². The van der Waals surface area contributed by atoms with Crippen LogP contribution in [0.25, 0.3) is 11.5 Å². The van der Waals surface area contributed by atoms with Crippen molar-refractivity contribution in [2.75, 3.05) is 17.2 Å². The number of hydrogen-bond donors (Lipinski definition) is 3. The summed E-state index contributed by atoms with van der Waals surface area (Å²) in [6.07, 6.45) is 1.44. The van der Waals surface area contributed by atoms with E-state index in [9.17, 15) is 19.6 Å². The van der Waals surface area contributed by atoms with Crippen LogP contribution >= 0.6 is 11.3 Å². The molecule has 0 radical (unpaired) electrons. The number of carbonyl (C=O) groups is 2. The number of carbonyl (C=O) groups excluding carboxylic acids is 2. The highest BCUT2D eigenvalue weighted by Gasteiger charge is 2.21. The van der Waals surface area contributed by atoms with E-state index in [2.05, 4.69) is 32.4 Å². The second-order valence-corrected chi connectivity index (χ2v) is 8.80. The molecule has 10 heteroatoms. The minimum absolute atomic E-state index is 0.158. The summed E-state index contributed by atoms with van der Waals surface area (Å²) >= 11 is 1.07. The van der Waals surface area contributed by atoms with Gasteiger partial charge in [0.1, 0.15) is 26.9 Å². The lowest BCUT2D eigenvalue weighted by atomic mass is 9.96. The lowest BCUT2D eigenvalue weighted by molar-refractivity contribution is -0.123. The fraction of sp³-hybridized carbons (Fsp3) is 0.348. The smallest absolute Gasteiger partial charge is 0.277 e. The summed E-state index contributed by atoms with van der Waals surface area (Å²) in [7, 11) is 0. The summed E-state index contributed by atoms with van der Waals surface area (Å²) < 4.78 is 2.04. The highest BCUT2D eigenvalue weighted by Crippen LogP contribution is 2.17. The molecule has 0 spiro atoms. The Kier molecular flexibility index (Phi) is 8.55. The third-order valence-electron chi connectivity index (χ3n) is 4.20. The number of anilines is 2. The molecule has 0 fully saturated rings. The highest BCUT2D eigenvalue weighted by molar-refractivity contribution is 7.07. The van der Waals surface area contributed by atoms with E-state index in [4.69, 9.17) is 0 Å². The van der Waals surface area contributed by atoms with Gasteiger partial charge in [0.25, 0.3) is 11.5 Å². The van der Waals surface area contributed by atoms with Crippen LogP contribution in [0.1, 0.15) is 34.6 Å². The van der Waals surface area contributed by atoms with Crippen LogP contribution in [0.2, 0.25) is 0 Å². The van der Waals surface area contributed by atoms with Crippen molar-refractivity contribution in [2.24, 2.45) is 5.41 Å². The average Bonchev–Trinajstić information content (AvgIpc) is 3.05. The van der Waals surface area contributed by atoms with Crippen LogP contribution < -0.4 is 30.7 Å². The molecule has 33 heavy (non-hydrogen) atoms. The Morgan fingerprint density at radius 1 is 1.24 bits per heavy atom. The fourth-order valence-electron chi connectivity index (χ4n) is 2.44. The normalized spacial score (nSPS) is 10.3. The minimum Gasteiger partial charge on any atom is -0.351 e. The van der Waals surface area contributed by atoms with Gasteiger partial charge in [-0.2, -0.15) is 5.26 Å². The van der Waals surface area contributed by atoms with Crippen LogP contribution in [0, 0.1) is 16.7 Å². The molecule has 3 N–H and O–H groups in total. The molecule has 2 aromatic heterocycles. The van der Waals surface area contributed by atoms with E-state index in [-0.39, 0.29) is 21.6 Å².